The lowest BCUT2D eigenvalue weighted by Crippen LogP contribution is -2.50. The standard InChI is InChI=1S/C14H20N2O3S/c1-14(2,3)19-13(18)16-7-5-15(6-8-16)12-11(10-17)4-9-20-12/h4,9-10H,5-8H2,1-3H3. The minimum absolute atomic E-state index is 0.265. The molecule has 2 rings (SSSR count). The molecule has 1 aromatic heterocycles. The van der Waals surface area contributed by atoms with E-state index in [2.05, 4.69) is 4.90 Å². The van der Waals surface area contributed by atoms with Crippen molar-refractivity contribution in [1.29, 1.82) is 0 Å². The number of amides is 1. The summed E-state index contributed by atoms with van der Waals surface area (Å²) >= 11 is 1.56. The third kappa shape index (κ3) is 3.50. The molecule has 0 unspecified atom stereocenters. The molecule has 1 aliphatic rings. The zero-order chi connectivity index (χ0) is 14.8. The molecule has 0 N–H and O–H groups in total. The largest absolute Gasteiger partial charge is 0.444 e. The van der Waals surface area contributed by atoms with E-state index in [9.17, 15) is 9.59 Å². The van der Waals surface area contributed by atoms with Crippen molar-refractivity contribution in [2.24, 2.45) is 0 Å². The first-order valence-corrected chi connectivity index (χ1v) is 7.54. The molecule has 0 spiro atoms. The van der Waals surface area contributed by atoms with Crippen LogP contribution in [0.1, 0.15) is 31.1 Å². The fraction of sp³-hybridized carbons (Fsp3) is 0.571. The first kappa shape index (κ1) is 14.8. The zero-order valence-corrected chi connectivity index (χ0v) is 12.9. The Labute approximate surface area is 123 Å². The Hall–Kier alpha value is -1.56. The number of ether oxygens (including phenoxy) is 1. The van der Waals surface area contributed by atoms with Crippen LogP contribution in [0.3, 0.4) is 0 Å². The predicted molar refractivity (Wildman–Crippen MR) is 79.7 cm³/mol. The van der Waals surface area contributed by atoms with Crippen molar-refractivity contribution in [2.75, 3.05) is 31.1 Å². The van der Waals surface area contributed by atoms with Crippen LogP contribution in [0.4, 0.5) is 9.80 Å². The second kappa shape index (κ2) is 5.83. The lowest BCUT2D eigenvalue weighted by Gasteiger charge is -2.36. The van der Waals surface area contributed by atoms with E-state index < -0.39 is 5.60 Å². The number of nitrogens with zero attached hydrogens (tertiary/aromatic N) is 2. The molecule has 1 aromatic rings. The molecular formula is C14H20N2O3S. The average molecular weight is 296 g/mol. The molecule has 0 atom stereocenters. The number of rotatable bonds is 2. The fourth-order valence-corrected chi connectivity index (χ4v) is 3.00. The van der Waals surface area contributed by atoms with Gasteiger partial charge in [0.25, 0.3) is 0 Å². The SMILES string of the molecule is CC(C)(C)OC(=O)N1CCN(c2sccc2C=O)CC1. The normalized spacial score (nSPS) is 16.1. The summed E-state index contributed by atoms with van der Waals surface area (Å²) in [6.07, 6.45) is 0.616. The van der Waals surface area contributed by atoms with Crippen molar-refractivity contribution in [3.8, 4) is 0 Å². The smallest absolute Gasteiger partial charge is 0.410 e. The molecule has 110 valence electrons. The van der Waals surface area contributed by atoms with Gasteiger partial charge < -0.3 is 14.5 Å². The third-order valence-corrected chi connectivity index (χ3v) is 4.01. The van der Waals surface area contributed by atoms with Crippen LogP contribution in [-0.2, 0) is 4.74 Å². The maximum atomic E-state index is 12.0. The highest BCUT2D eigenvalue weighted by atomic mass is 32.1. The number of aldehydes is 1. The predicted octanol–water partition coefficient (Wildman–Crippen LogP) is 2.62. The van der Waals surface area contributed by atoms with Crippen LogP contribution in [0.5, 0.6) is 0 Å². The summed E-state index contributed by atoms with van der Waals surface area (Å²) in [7, 11) is 0. The Morgan fingerprint density at radius 3 is 2.50 bits per heavy atom. The lowest BCUT2D eigenvalue weighted by molar-refractivity contribution is 0.0240. The van der Waals surface area contributed by atoms with Crippen LogP contribution in [0.15, 0.2) is 11.4 Å². The molecule has 1 aliphatic heterocycles. The monoisotopic (exact) mass is 296 g/mol. The first-order valence-electron chi connectivity index (χ1n) is 6.66. The van der Waals surface area contributed by atoms with E-state index in [0.29, 0.717) is 13.1 Å². The van der Waals surface area contributed by atoms with Crippen LogP contribution in [0.2, 0.25) is 0 Å². The van der Waals surface area contributed by atoms with Crippen LogP contribution >= 0.6 is 11.3 Å². The molecule has 1 saturated heterocycles. The molecule has 2 heterocycles. The molecule has 6 heteroatoms. The number of piperazine rings is 1. The molecule has 1 amide bonds. The van der Waals surface area contributed by atoms with Gasteiger partial charge in [0.2, 0.25) is 0 Å². The number of carbonyl (C=O) groups is 2. The van der Waals surface area contributed by atoms with E-state index in [-0.39, 0.29) is 6.09 Å². The molecule has 1 fully saturated rings. The van der Waals surface area contributed by atoms with Gasteiger partial charge in [-0.2, -0.15) is 0 Å². The van der Waals surface area contributed by atoms with Crippen molar-refractivity contribution in [3.63, 3.8) is 0 Å². The molecular weight excluding hydrogens is 276 g/mol. The molecule has 0 bridgehead atoms. The van der Waals surface area contributed by atoms with Crippen LogP contribution in [0.25, 0.3) is 0 Å². The van der Waals surface area contributed by atoms with Crippen molar-refractivity contribution in [2.45, 2.75) is 26.4 Å². The van der Waals surface area contributed by atoms with Gasteiger partial charge in [0, 0.05) is 31.7 Å². The van der Waals surface area contributed by atoms with E-state index in [4.69, 9.17) is 4.74 Å². The quantitative estimate of drug-likeness (QED) is 0.787. The Bertz CT molecular complexity index is 485. The third-order valence-electron chi connectivity index (χ3n) is 3.02. The second-order valence-corrected chi connectivity index (χ2v) is 6.65. The zero-order valence-electron chi connectivity index (χ0n) is 12.1. The molecule has 20 heavy (non-hydrogen) atoms. The van der Waals surface area contributed by atoms with Gasteiger partial charge in [0.05, 0.1) is 0 Å². The van der Waals surface area contributed by atoms with E-state index in [1.807, 2.05) is 32.2 Å². The summed E-state index contributed by atoms with van der Waals surface area (Å²) in [5.74, 6) is 0. The minimum atomic E-state index is -0.466. The fourth-order valence-electron chi connectivity index (χ4n) is 2.08. The van der Waals surface area contributed by atoms with Crippen molar-refractivity contribution >= 4 is 28.7 Å². The van der Waals surface area contributed by atoms with E-state index >= 15 is 0 Å². The second-order valence-electron chi connectivity index (χ2n) is 5.75. The summed E-state index contributed by atoms with van der Waals surface area (Å²) < 4.78 is 5.36. The maximum absolute atomic E-state index is 12.0. The Morgan fingerprint density at radius 2 is 1.95 bits per heavy atom. The molecule has 0 aliphatic carbocycles. The average Bonchev–Trinajstić information content (AvgIpc) is 2.85. The Balaban J connectivity index is 1.93. The molecule has 5 nitrogen and oxygen atoms in total. The lowest BCUT2D eigenvalue weighted by atomic mass is 10.2. The maximum Gasteiger partial charge on any atom is 0.410 e. The highest BCUT2D eigenvalue weighted by Gasteiger charge is 2.26. The Morgan fingerprint density at radius 1 is 1.30 bits per heavy atom. The molecule has 0 aromatic carbocycles. The van der Waals surface area contributed by atoms with Crippen molar-refractivity contribution < 1.29 is 14.3 Å². The summed E-state index contributed by atoms with van der Waals surface area (Å²) in [6, 6.07) is 1.83. The van der Waals surface area contributed by atoms with Gasteiger partial charge in [0.15, 0.2) is 6.29 Å². The van der Waals surface area contributed by atoms with E-state index in [1.165, 1.54) is 0 Å². The van der Waals surface area contributed by atoms with Gasteiger partial charge in [-0.05, 0) is 32.2 Å². The van der Waals surface area contributed by atoms with Crippen LogP contribution in [0, 0.1) is 0 Å². The van der Waals surface area contributed by atoms with Gasteiger partial charge >= 0.3 is 6.09 Å². The Kier molecular flexibility index (Phi) is 4.32. The van der Waals surface area contributed by atoms with Gasteiger partial charge in [-0.15, -0.1) is 11.3 Å². The van der Waals surface area contributed by atoms with Crippen LogP contribution in [-0.4, -0.2) is 49.1 Å². The number of carbonyl (C=O) groups excluding carboxylic acids is 2. The topological polar surface area (TPSA) is 49.9 Å². The summed E-state index contributed by atoms with van der Waals surface area (Å²) in [5, 5.41) is 2.91. The summed E-state index contributed by atoms with van der Waals surface area (Å²) in [6.45, 7) is 8.27. The first-order chi connectivity index (χ1) is 9.40. The van der Waals surface area contributed by atoms with Crippen molar-refractivity contribution in [3.05, 3.63) is 17.0 Å². The number of hydrogen-bond donors (Lipinski definition) is 0. The van der Waals surface area contributed by atoms with Gasteiger partial charge in [-0.3, -0.25) is 4.79 Å². The highest BCUT2D eigenvalue weighted by molar-refractivity contribution is 7.14. The van der Waals surface area contributed by atoms with Gasteiger partial charge in [0.1, 0.15) is 10.6 Å². The molecule has 0 saturated carbocycles. The highest BCUT2D eigenvalue weighted by Crippen LogP contribution is 2.27. The number of hydrogen-bond acceptors (Lipinski definition) is 5. The van der Waals surface area contributed by atoms with Crippen LogP contribution < -0.4 is 4.90 Å². The number of anilines is 1. The van der Waals surface area contributed by atoms with E-state index in [1.54, 1.807) is 16.2 Å². The minimum Gasteiger partial charge on any atom is -0.444 e. The summed E-state index contributed by atoms with van der Waals surface area (Å²) in [5.41, 5.74) is 0.257. The number of thiophene rings is 1. The van der Waals surface area contributed by atoms with Gasteiger partial charge in [-0.1, -0.05) is 0 Å². The molecule has 0 radical (unpaired) electrons. The van der Waals surface area contributed by atoms with Crippen molar-refractivity contribution in [1.82, 2.24) is 4.90 Å². The van der Waals surface area contributed by atoms with Gasteiger partial charge in [-0.25, -0.2) is 4.79 Å². The van der Waals surface area contributed by atoms with E-state index in [0.717, 1.165) is 29.9 Å². The summed E-state index contributed by atoms with van der Waals surface area (Å²) in [4.78, 5) is 26.8.